The van der Waals surface area contributed by atoms with Crippen LogP contribution in [-0.4, -0.2) is 24.5 Å². The third-order valence-corrected chi connectivity index (χ3v) is 3.55. The molecule has 2 rings (SSSR count). The number of hydrogen-bond acceptors (Lipinski definition) is 2. The third-order valence-electron chi connectivity index (χ3n) is 3.55. The molecule has 1 fully saturated rings. The predicted molar refractivity (Wildman–Crippen MR) is 74.3 cm³/mol. The summed E-state index contributed by atoms with van der Waals surface area (Å²) in [7, 11) is 0. The Bertz CT molecular complexity index is 389. The van der Waals surface area contributed by atoms with Crippen LogP contribution in [0.1, 0.15) is 37.7 Å². The van der Waals surface area contributed by atoms with Gasteiger partial charge in [-0.15, -0.1) is 0 Å². The summed E-state index contributed by atoms with van der Waals surface area (Å²) >= 11 is 0. The molecule has 2 nitrogen and oxygen atoms in total. The average Bonchev–Trinajstić information content (AvgIpc) is 3.21. The fraction of sp³-hybridized carbons (Fsp3) is 0.562. The van der Waals surface area contributed by atoms with Crippen molar-refractivity contribution >= 4 is 0 Å². The van der Waals surface area contributed by atoms with Crippen LogP contribution in [0, 0.1) is 17.2 Å². The van der Waals surface area contributed by atoms with E-state index in [4.69, 9.17) is 0 Å². The van der Waals surface area contributed by atoms with Crippen molar-refractivity contribution < 1.29 is 0 Å². The molecule has 1 unspecified atom stereocenters. The molecule has 1 atom stereocenters. The summed E-state index contributed by atoms with van der Waals surface area (Å²) in [5.41, 5.74) is 1.15. The van der Waals surface area contributed by atoms with Crippen molar-refractivity contribution in [3.63, 3.8) is 0 Å². The number of nitrogens with zero attached hydrogens (tertiary/aromatic N) is 2. The molecule has 0 spiro atoms. The van der Waals surface area contributed by atoms with Gasteiger partial charge >= 0.3 is 0 Å². The van der Waals surface area contributed by atoms with Crippen LogP contribution in [0.5, 0.6) is 0 Å². The van der Waals surface area contributed by atoms with E-state index in [1.807, 2.05) is 18.2 Å². The van der Waals surface area contributed by atoms with Crippen LogP contribution in [0.15, 0.2) is 30.3 Å². The Labute approximate surface area is 110 Å². The van der Waals surface area contributed by atoms with E-state index < -0.39 is 0 Å². The van der Waals surface area contributed by atoms with E-state index in [0.29, 0.717) is 0 Å². The molecule has 0 aromatic heterocycles. The Balaban J connectivity index is 1.96. The Hall–Kier alpha value is -1.33. The van der Waals surface area contributed by atoms with Crippen LogP contribution < -0.4 is 0 Å². The van der Waals surface area contributed by atoms with Crippen LogP contribution >= 0.6 is 0 Å². The maximum atomic E-state index is 9.37. The third kappa shape index (κ3) is 3.85. The van der Waals surface area contributed by atoms with Crippen molar-refractivity contribution in [3.8, 4) is 6.07 Å². The van der Waals surface area contributed by atoms with Crippen molar-refractivity contribution in [1.29, 1.82) is 5.26 Å². The molecular formula is C16H22N2. The zero-order valence-electron chi connectivity index (χ0n) is 11.2. The fourth-order valence-corrected chi connectivity index (χ4v) is 2.40. The maximum Gasteiger partial charge on any atom is 0.0839 e. The highest BCUT2D eigenvalue weighted by Crippen LogP contribution is 2.30. The SMILES string of the molecule is CCCN(CC1CC1)CC(C#N)c1ccccc1. The van der Waals surface area contributed by atoms with E-state index in [0.717, 1.165) is 24.6 Å². The van der Waals surface area contributed by atoms with Gasteiger partial charge in [0, 0.05) is 13.1 Å². The Morgan fingerprint density at radius 1 is 1.33 bits per heavy atom. The van der Waals surface area contributed by atoms with Gasteiger partial charge in [0.1, 0.15) is 0 Å². The van der Waals surface area contributed by atoms with Crippen molar-refractivity contribution in [2.75, 3.05) is 19.6 Å². The van der Waals surface area contributed by atoms with E-state index in [2.05, 4.69) is 30.0 Å². The number of benzene rings is 1. The van der Waals surface area contributed by atoms with E-state index in [9.17, 15) is 5.26 Å². The molecule has 0 saturated heterocycles. The topological polar surface area (TPSA) is 27.0 Å². The monoisotopic (exact) mass is 242 g/mol. The van der Waals surface area contributed by atoms with Crippen molar-refractivity contribution in [2.45, 2.75) is 32.1 Å². The van der Waals surface area contributed by atoms with Gasteiger partial charge in [-0.05, 0) is 37.3 Å². The van der Waals surface area contributed by atoms with Crippen LogP contribution in [0.25, 0.3) is 0 Å². The fourth-order valence-electron chi connectivity index (χ4n) is 2.40. The second-order valence-electron chi connectivity index (χ2n) is 5.30. The minimum absolute atomic E-state index is 0.0106. The smallest absolute Gasteiger partial charge is 0.0839 e. The van der Waals surface area contributed by atoms with Gasteiger partial charge in [-0.1, -0.05) is 37.3 Å². The van der Waals surface area contributed by atoms with Crippen LogP contribution in [0.4, 0.5) is 0 Å². The molecule has 1 aromatic rings. The molecule has 1 aromatic carbocycles. The first kappa shape index (κ1) is 13.1. The second-order valence-corrected chi connectivity index (χ2v) is 5.30. The molecule has 0 amide bonds. The first-order valence-corrected chi connectivity index (χ1v) is 7.00. The summed E-state index contributed by atoms with van der Waals surface area (Å²) in [4.78, 5) is 2.47. The normalized spacial score (nSPS) is 16.5. The van der Waals surface area contributed by atoms with Gasteiger partial charge in [0.25, 0.3) is 0 Å². The summed E-state index contributed by atoms with van der Waals surface area (Å²) in [6.07, 6.45) is 3.92. The van der Waals surface area contributed by atoms with Gasteiger partial charge in [-0.3, -0.25) is 0 Å². The van der Waals surface area contributed by atoms with Crippen molar-refractivity contribution in [2.24, 2.45) is 5.92 Å². The Morgan fingerprint density at radius 2 is 2.06 bits per heavy atom. The largest absolute Gasteiger partial charge is 0.301 e. The lowest BCUT2D eigenvalue weighted by Crippen LogP contribution is -2.31. The zero-order valence-corrected chi connectivity index (χ0v) is 11.2. The lowest BCUT2D eigenvalue weighted by atomic mass is 10.00. The zero-order chi connectivity index (χ0) is 12.8. The first-order chi connectivity index (χ1) is 8.83. The van der Waals surface area contributed by atoms with Crippen LogP contribution in [0.2, 0.25) is 0 Å². The van der Waals surface area contributed by atoms with E-state index >= 15 is 0 Å². The van der Waals surface area contributed by atoms with E-state index in [-0.39, 0.29) is 5.92 Å². The summed E-state index contributed by atoms with van der Waals surface area (Å²) in [6, 6.07) is 12.6. The minimum atomic E-state index is 0.0106. The molecule has 0 N–H and O–H groups in total. The number of hydrogen-bond donors (Lipinski definition) is 0. The van der Waals surface area contributed by atoms with Crippen molar-refractivity contribution in [1.82, 2.24) is 4.90 Å². The average molecular weight is 242 g/mol. The van der Waals surface area contributed by atoms with E-state index in [1.54, 1.807) is 0 Å². The molecule has 18 heavy (non-hydrogen) atoms. The highest BCUT2D eigenvalue weighted by Gasteiger charge is 2.25. The van der Waals surface area contributed by atoms with E-state index in [1.165, 1.54) is 25.8 Å². The number of rotatable bonds is 7. The summed E-state index contributed by atoms with van der Waals surface area (Å²) in [5.74, 6) is 0.906. The first-order valence-electron chi connectivity index (χ1n) is 7.00. The van der Waals surface area contributed by atoms with Crippen LogP contribution in [-0.2, 0) is 0 Å². The quantitative estimate of drug-likeness (QED) is 0.732. The molecule has 2 heteroatoms. The second kappa shape index (κ2) is 6.56. The maximum absolute atomic E-state index is 9.37. The Kier molecular flexibility index (Phi) is 4.78. The molecule has 0 bridgehead atoms. The lowest BCUT2D eigenvalue weighted by Gasteiger charge is -2.24. The van der Waals surface area contributed by atoms with Gasteiger partial charge in [0.2, 0.25) is 0 Å². The van der Waals surface area contributed by atoms with Gasteiger partial charge < -0.3 is 4.90 Å². The summed E-state index contributed by atoms with van der Waals surface area (Å²) in [6.45, 7) is 5.38. The van der Waals surface area contributed by atoms with Crippen molar-refractivity contribution in [3.05, 3.63) is 35.9 Å². The predicted octanol–water partition coefficient (Wildman–Crippen LogP) is 3.42. The van der Waals surface area contributed by atoms with Gasteiger partial charge in [0.15, 0.2) is 0 Å². The van der Waals surface area contributed by atoms with Gasteiger partial charge in [-0.2, -0.15) is 5.26 Å². The highest BCUT2D eigenvalue weighted by molar-refractivity contribution is 5.25. The van der Waals surface area contributed by atoms with Gasteiger partial charge in [-0.25, -0.2) is 0 Å². The minimum Gasteiger partial charge on any atom is -0.301 e. The summed E-state index contributed by atoms with van der Waals surface area (Å²) in [5, 5.41) is 9.37. The lowest BCUT2D eigenvalue weighted by molar-refractivity contribution is 0.258. The Morgan fingerprint density at radius 3 is 2.61 bits per heavy atom. The molecule has 1 aliphatic carbocycles. The summed E-state index contributed by atoms with van der Waals surface area (Å²) < 4.78 is 0. The molecule has 0 heterocycles. The molecule has 1 aliphatic rings. The number of nitriles is 1. The molecule has 0 aliphatic heterocycles. The molecular weight excluding hydrogens is 220 g/mol. The molecule has 0 radical (unpaired) electrons. The standard InChI is InChI=1S/C16H22N2/c1-2-10-18(12-14-8-9-14)13-16(11-17)15-6-4-3-5-7-15/h3-7,14,16H,2,8-10,12-13H2,1H3. The van der Waals surface area contributed by atoms with Gasteiger partial charge in [0.05, 0.1) is 12.0 Å². The molecule has 1 saturated carbocycles. The van der Waals surface area contributed by atoms with Crippen LogP contribution in [0.3, 0.4) is 0 Å². The molecule has 96 valence electrons. The highest BCUT2D eigenvalue weighted by atomic mass is 15.1.